The van der Waals surface area contributed by atoms with Crippen molar-refractivity contribution < 1.29 is 4.42 Å². The van der Waals surface area contributed by atoms with Gasteiger partial charge in [-0.25, -0.2) is 9.97 Å². The van der Waals surface area contributed by atoms with Gasteiger partial charge in [-0.1, -0.05) is 127 Å². The number of benzene rings is 8. The third-order valence-electron chi connectivity index (χ3n) is 11.8. The number of hydrogen-bond acceptors (Lipinski definition) is 4. The van der Waals surface area contributed by atoms with Gasteiger partial charge in [-0.3, -0.25) is 0 Å². The topological polar surface area (TPSA) is 43.3 Å². The van der Waals surface area contributed by atoms with E-state index < -0.39 is 0 Å². The molecule has 0 radical (unpaired) electrons. The maximum atomic E-state index is 6.58. The second kappa shape index (κ2) is 11.6. The molecule has 0 spiro atoms. The molecule has 4 nitrogen and oxygen atoms in total. The number of aromatic nitrogens is 3. The molecule has 57 heavy (non-hydrogen) atoms. The van der Waals surface area contributed by atoms with Gasteiger partial charge in [0.1, 0.15) is 11.2 Å². The van der Waals surface area contributed by atoms with E-state index in [0.717, 1.165) is 59.9 Å². The van der Waals surface area contributed by atoms with Crippen LogP contribution in [0.4, 0.5) is 0 Å². The zero-order valence-electron chi connectivity index (χ0n) is 30.4. The molecular formula is C52H29N3OS. The van der Waals surface area contributed by atoms with E-state index in [1.54, 1.807) is 11.3 Å². The van der Waals surface area contributed by atoms with Crippen LogP contribution in [0.25, 0.3) is 125 Å². The molecule has 0 saturated carbocycles. The number of nitrogens with zero attached hydrogens (tertiary/aromatic N) is 3. The molecule has 5 heterocycles. The van der Waals surface area contributed by atoms with Gasteiger partial charge >= 0.3 is 0 Å². The summed E-state index contributed by atoms with van der Waals surface area (Å²) in [6.45, 7) is 0. The van der Waals surface area contributed by atoms with Crippen LogP contribution in [0.2, 0.25) is 0 Å². The van der Waals surface area contributed by atoms with Gasteiger partial charge in [-0.2, -0.15) is 0 Å². The van der Waals surface area contributed by atoms with Gasteiger partial charge in [0.25, 0.3) is 0 Å². The minimum atomic E-state index is 0.686. The predicted octanol–water partition coefficient (Wildman–Crippen LogP) is 14.6. The number of fused-ring (bicyclic) bond motifs is 12. The van der Waals surface area contributed by atoms with Crippen molar-refractivity contribution in [2.75, 3.05) is 0 Å². The summed E-state index contributed by atoms with van der Waals surface area (Å²) in [5, 5.41) is 8.27. The van der Waals surface area contributed by atoms with Gasteiger partial charge in [0.05, 0.1) is 32.5 Å². The van der Waals surface area contributed by atoms with Crippen molar-refractivity contribution in [3.05, 3.63) is 176 Å². The molecule has 0 atom stereocenters. The highest BCUT2D eigenvalue weighted by molar-refractivity contribution is 7.26. The first-order chi connectivity index (χ1) is 28.2. The van der Waals surface area contributed by atoms with Crippen LogP contribution in [0.3, 0.4) is 0 Å². The molecule has 5 aromatic heterocycles. The fourth-order valence-corrected chi connectivity index (χ4v) is 10.3. The molecular weight excluding hydrogens is 715 g/mol. The second-order valence-electron chi connectivity index (χ2n) is 14.9. The monoisotopic (exact) mass is 743 g/mol. The van der Waals surface area contributed by atoms with Crippen molar-refractivity contribution in [2.45, 2.75) is 0 Å². The summed E-state index contributed by atoms with van der Waals surface area (Å²) in [5.41, 5.74) is 14.0. The smallest absolute Gasteiger partial charge is 0.161 e. The number of para-hydroxylation sites is 2. The van der Waals surface area contributed by atoms with Crippen molar-refractivity contribution in [1.82, 2.24) is 14.4 Å². The van der Waals surface area contributed by atoms with E-state index in [1.807, 2.05) is 0 Å². The van der Waals surface area contributed by atoms with Crippen LogP contribution in [0.1, 0.15) is 0 Å². The quantitative estimate of drug-likeness (QED) is 0.180. The van der Waals surface area contributed by atoms with Crippen molar-refractivity contribution >= 4 is 91.7 Å². The van der Waals surface area contributed by atoms with Crippen LogP contribution in [0, 0.1) is 0 Å². The summed E-state index contributed by atoms with van der Waals surface area (Å²) < 4.78 is 11.3. The highest BCUT2D eigenvalue weighted by Gasteiger charge is 2.22. The first-order valence-electron chi connectivity index (χ1n) is 19.2. The molecule has 0 aliphatic heterocycles. The van der Waals surface area contributed by atoms with Gasteiger partial charge in [0.15, 0.2) is 5.82 Å². The van der Waals surface area contributed by atoms with Crippen LogP contribution in [-0.4, -0.2) is 14.4 Å². The van der Waals surface area contributed by atoms with E-state index in [0.29, 0.717) is 5.82 Å². The predicted molar refractivity (Wildman–Crippen MR) is 239 cm³/mol. The molecule has 0 saturated heterocycles. The minimum absolute atomic E-state index is 0.686. The maximum Gasteiger partial charge on any atom is 0.161 e. The highest BCUT2D eigenvalue weighted by Crippen LogP contribution is 2.45. The molecule has 0 bridgehead atoms. The average Bonchev–Trinajstić information content (AvgIpc) is 4.03. The van der Waals surface area contributed by atoms with E-state index >= 15 is 0 Å². The highest BCUT2D eigenvalue weighted by atomic mass is 32.1. The van der Waals surface area contributed by atoms with Gasteiger partial charge in [0, 0.05) is 53.5 Å². The minimum Gasteiger partial charge on any atom is -0.456 e. The molecule has 8 aromatic carbocycles. The summed E-state index contributed by atoms with van der Waals surface area (Å²) in [7, 11) is 0. The molecule has 0 aliphatic rings. The molecule has 0 aliphatic carbocycles. The average molecular weight is 744 g/mol. The lowest BCUT2D eigenvalue weighted by molar-refractivity contribution is 0.669. The van der Waals surface area contributed by atoms with Gasteiger partial charge in [0.2, 0.25) is 0 Å². The fraction of sp³-hybridized carbons (Fsp3) is 0. The summed E-state index contributed by atoms with van der Waals surface area (Å²) in [6.07, 6.45) is 0. The number of furan rings is 1. The normalized spacial score (nSPS) is 12.2. The summed E-state index contributed by atoms with van der Waals surface area (Å²) in [5.74, 6) is 0.686. The Morgan fingerprint density at radius 1 is 0.439 bits per heavy atom. The van der Waals surface area contributed by atoms with Crippen LogP contribution in [0.15, 0.2) is 180 Å². The van der Waals surface area contributed by atoms with Crippen molar-refractivity contribution in [1.29, 1.82) is 0 Å². The number of rotatable bonds is 4. The van der Waals surface area contributed by atoms with E-state index in [1.165, 1.54) is 59.5 Å². The largest absolute Gasteiger partial charge is 0.456 e. The van der Waals surface area contributed by atoms with E-state index in [4.69, 9.17) is 14.4 Å². The molecule has 0 amide bonds. The number of thiophene rings is 1. The Hall–Kier alpha value is -7.34. The molecule has 0 fully saturated rings. The molecule has 13 rings (SSSR count). The third-order valence-corrected chi connectivity index (χ3v) is 12.9. The maximum absolute atomic E-state index is 6.58. The zero-order chi connectivity index (χ0) is 37.2. The Balaban J connectivity index is 1.03. The van der Waals surface area contributed by atoms with Crippen molar-refractivity contribution in [2.24, 2.45) is 0 Å². The fourth-order valence-electron chi connectivity index (χ4n) is 9.17. The summed E-state index contributed by atoms with van der Waals surface area (Å²) in [6, 6.07) is 62.9. The Bertz CT molecular complexity index is 3660. The van der Waals surface area contributed by atoms with E-state index in [9.17, 15) is 0 Å². The summed E-state index contributed by atoms with van der Waals surface area (Å²) >= 11 is 1.75. The van der Waals surface area contributed by atoms with Crippen LogP contribution < -0.4 is 0 Å². The van der Waals surface area contributed by atoms with Crippen LogP contribution in [0.5, 0.6) is 0 Å². The van der Waals surface area contributed by atoms with Crippen molar-refractivity contribution in [3.63, 3.8) is 0 Å². The molecule has 5 heteroatoms. The first-order valence-corrected chi connectivity index (χ1v) is 20.0. The number of hydrogen-bond donors (Lipinski definition) is 0. The first kappa shape index (κ1) is 30.9. The lowest BCUT2D eigenvalue weighted by atomic mass is 9.97. The molecule has 264 valence electrons. The lowest BCUT2D eigenvalue weighted by Crippen LogP contribution is -1.94. The van der Waals surface area contributed by atoms with Gasteiger partial charge < -0.3 is 8.82 Å². The molecule has 0 N–H and O–H groups in total. The zero-order valence-corrected chi connectivity index (χ0v) is 31.2. The Kier molecular flexibility index (Phi) is 6.29. The lowest BCUT2D eigenvalue weighted by Gasteiger charge is -2.09. The van der Waals surface area contributed by atoms with Gasteiger partial charge in [-0.15, -0.1) is 11.3 Å². The summed E-state index contributed by atoms with van der Waals surface area (Å²) in [4.78, 5) is 10.8. The Morgan fingerprint density at radius 2 is 1.07 bits per heavy atom. The second-order valence-corrected chi connectivity index (χ2v) is 15.9. The molecule has 13 aromatic rings. The van der Waals surface area contributed by atoms with Gasteiger partial charge in [-0.05, 0) is 70.8 Å². The van der Waals surface area contributed by atoms with Crippen LogP contribution >= 0.6 is 11.3 Å². The SMILES string of the molecule is c1ccc(-c2ccc(-c3nc(-c4cccc5oc6ccc(-c7cc8c9ccccc9n9c%10ccccc%10c(c7)c89)cc6c45)nc4c3sc3ccccc34)cc2)cc1. The Labute approximate surface area is 329 Å². The van der Waals surface area contributed by atoms with E-state index in [-0.39, 0.29) is 0 Å². The third kappa shape index (κ3) is 4.43. The standard InChI is InChI=1S/C52H29N3OS/c1-2-11-30(12-3-1)31-21-23-32(24-22-31)48-51-49(37-15-6-9-20-46(37)57-51)54-52(53-48)38-16-10-19-45-47(38)41-27-33(25-26-44(41)56-45)34-28-39-35-13-4-7-17-42(35)55-43-18-8-5-14-36(43)40(29-34)50(39)55/h1-29H. The van der Waals surface area contributed by atoms with Crippen LogP contribution in [-0.2, 0) is 0 Å². The Morgan fingerprint density at radius 3 is 1.84 bits per heavy atom. The molecule has 0 unspecified atom stereocenters. The van der Waals surface area contributed by atoms with Crippen molar-refractivity contribution in [3.8, 4) is 44.9 Å². The van der Waals surface area contributed by atoms with E-state index in [2.05, 4.69) is 180 Å².